The van der Waals surface area contributed by atoms with Gasteiger partial charge in [0, 0.05) is 36.4 Å². The Labute approximate surface area is 192 Å². The monoisotopic (exact) mass is 459 g/mol. The Balaban J connectivity index is 1.84. The van der Waals surface area contributed by atoms with Gasteiger partial charge in [-0.25, -0.2) is 0 Å². The van der Waals surface area contributed by atoms with Gasteiger partial charge in [-0.05, 0) is 35.4 Å². The summed E-state index contributed by atoms with van der Waals surface area (Å²) in [6.07, 6.45) is 0. The molecule has 3 aromatic carbocycles. The number of ketones is 1. The van der Waals surface area contributed by atoms with Gasteiger partial charge in [-0.2, -0.15) is 0 Å². The fraction of sp³-hybridized carbons (Fsp3) is 0.0833. The van der Waals surface area contributed by atoms with Crippen molar-refractivity contribution in [2.45, 2.75) is 12.6 Å². The van der Waals surface area contributed by atoms with Crippen LogP contribution in [-0.2, 0) is 16.1 Å². The van der Waals surface area contributed by atoms with E-state index in [4.69, 9.17) is 0 Å². The summed E-state index contributed by atoms with van der Waals surface area (Å²) >= 11 is 0. The molecule has 0 bridgehead atoms. The molecule has 0 spiro atoms. The fourth-order valence-corrected chi connectivity index (χ4v) is 3.84. The van der Waals surface area contributed by atoms with E-state index >= 15 is 0 Å². The summed E-state index contributed by atoms with van der Waals surface area (Å²) < 4.78 is 0. The van der Waals surface area contributed by atoms with E-state index in [2.05, 4.69) is 0 Å². The molecule has 0 radical (unpaired) electrons. The van der Waals surface area contributed by atoms with Crippen LogP contribution in [0.3, 0.4) is 0 Å². The predicted molar refractivity (Wildman–Crippen MR) is 120 cm³/mol. The topological polar surface area (TPSA) is 144 Å². The van der Waals surface area contributed by atoms with Crippen molar-refractivity contribution >= 4 is 28.8 Å². The third kappa shape index (κ3) is 4.11. The van der Waals surface area contributed by atoms with Gasteiger partial charge in [0.1, 0.15) is 5.76 Å². The Bertz CT molecular complexity index is 1320. The SMILES string of the molecule is O=C1C(=O)N(Cc2ccccc2)C(c2ccc([N+](=O)[O-])cc2)/C1=C(\O)c1ccc([N+](=O)[O-])cc1. The molecule has 4 rings (SSSR count). The summed E-state index contributed by atoms with van der Waals surface area (Å²) in [5.41, 5.74) is 0.682. The van der Waals surface area contributed by atoms with Crippen LogP contribution in [0.2, 0.25) is 0 Å². The Hall–Kier alpha value is -4.86. The number of nitro groups is 2. The van der Waals surface area contributed by atoms with Crippen LogP contribution >= 0.6 is 0 Å². The van der Waals surface area contributed by atoms with Crippen molar-refractivity contribution < 1.29 is 24.5 Å². The van der Waals surface area contributed by atoms with Gasteiger partial charge in [-0.15, -0.1) is 0 Å². The van der Waals surface area contributed by atoms with E-state index in [1.165, 1.54) is 53.4 Å². The van der Waals surface area contributed by atoms with E-state index in [9.17, 15) is 34.9 Å². The highest BCUT2D eigenvalue weighted by molar-refractivity contribution is 6.46. The quantitative estimate of drug-likeness (QED) is 0.192. The number of benzene rings is 3. The molecule has 1 aliphatic heterocycles. The Kier molecular flexibility index (Phi) is 5.88. The number of hydrogen-bond donors (Lipinski definition) is 1. The van der Waals surface area contributed by atoms with Crippen LogP contribution in [-0.4, -0.2) is 31.5 Å². The molecule has 3 aromatic rings. The molecule has 1 heterocycles. The molecule has 1 atom stereocenters. The van der Waals surface area contributed by atoms with Crippen LogP contribution in [0.1, 0.15) is 22.7 Å². The number of carbonyl (C=O) groups excluding carboxylic acids is 2. The summed E-state index contributed by atoms with van der Waals surface area (Å²) in [5.74, 6) is -2.25. The zero-order chi connectivity index (χ0) is 24.4. The summed E-state index contributed by atoms with van der Waals surface area (Å²) in [7, 11) is 0. The molecule has 1 fully saturated rings. The highest BCUT2D eigenvalue weighted by Gasteiger charge is 2.46. The highest BCUT2D eigenvalue weighted by atomic mass is 16.6. The lowest BCUT2D eigenvalue weighted by Gasteiger charge is -2.25. The van der Waals surface area contributed by atoms with Crippen LogP contribution in [0.4, 0.5) is 11.4 Å². The number of non-ortho nitro benzene ring substituents is 2. The van der Waals surface area contributed by atoms with E-state index in [1.807, 2.05) is 0 Å². The average molecular weight is 459 g/mol. The summed E-state index contributed by atoms with van der Waals surface area (Å²) in [4.78, 5) is 48.1. The minimum atomic E-state index is -1.02. The van der Waals surface area contributed by atoms with E-state index in [0.717, 1.165) is 5.56 Å². The normalized spacial score (nSPS) is 17.1. The van der Waals surface area contributed by atoms with Crippen LogP contribution in [0.25, 0.3) is 5.76 Å². The van der Waals surface area contributed by atoms with Gasteiger partial charge >= 0.3 is 0 Å². The molecule has 170 valence electrons. The highest BCUT2D eigenvalue weighted by Crippen LogP contribution is 2.40. The van der Waals surface area contributed by atoms with Crippen molar-refractivity contribution in [3.8, 4) is 0 Å². The van der Waals surface area contributed by atoms with Gasteiger partial charge in [0.05, 0.1) is 21.5 Å². The zero-order valence-corrected chi connectivity index (χ0v) is 17.5. The van der Waals surface area contributed by atoms with Crippen LogP contribution in [0, 0.1) is 20.2 Å². The number of amides is 1. The number of hydrogen-bond acceptors (Lipinski definition) is 7. The smallest absolute Gasteiger partial charge is 0.295 e. The Morgan fingerprint density at radius 1 is 0.824 bits per heavy atom. The van der Waals surface area contributed by atoms with Gasteiger partial charge < -0.3 is 10.0 Å². The second-order valence-electron chi connectivity index (χ2n) is 7.57. The first-order valence-corrected chi connectivity index (χ1v) is 10.1. The van der Waals surface area contributed by atoms with E-state index in [1.54, 1.807) is 30.3 Å². The lowest BCUT2D eigenvalue weighted by atomic mass is 9.95. The molecule has 10 nitrogen and oxygen atoms in total. The molecule has 1 N–H and O–H groups in total. The van der Waals surface area contributed by atoms with Gasteiger partial charge in [0.15, 0.2) is 0 Å². The van der Waals surface area contributed by atoms with E-state index < -0.39 is 33.3 Å². The zero-order valence-electron chi connectivity index (χ0n) is 17.5. The van der Waals surface area contributed by atoms with Crippen molar-refractivity contribution in [1.82, 2.24) is 4.90 Å². The number of Topliss-reactive ketones (excluding diaryl/α,β-unsaturated/α-hetero) is 1. The minimum absolute atomic E-state index is 0.0596. The molecule has 34 heavy (non-hydrogen) atoms. The lowest BCUT2D eigenvalue weighted by molar-refractivity contribution is -0.385. The maximum absolute atomic E-state index is 13.0. The molecule has 0 aliphatic carbocycles. The maximum atomic E-state index is 13.0. The van der Waals surface area contributed by atoms with Crippen LogP contribution in [0.5, 0.6) is 0 Å². The third-order valence-electron chi connectivity index (χ3n) is 5.51. The van der Waals surface area contributed by atoms with Crippen molar-refractivity contribution in [2.24, 2.45) is 0 Å². The van der Waals surface area contributed by atoms with E-state index in [-0.39, 0.29) is 29.1 Å². The first kappa shape index (κ1) is 22.3. The first-order chi connectivity index (χ1) is 16.3. The number of aliphatic hydroxyl groups excluding tert-OH is 1. The molecule has 1 unspecified atom stereocenters. The number of rotatable bonds is 6. The second kappa shape index (κ2) is 8.94. The van der Waals surface area contributed by atoms with Crippen LogP contribution in [0.15, 0.2) is 84.4 Å². The molecule has 0 aromatic heterocycles. The van der Waals surface area contributed by atoms with Crippen molar-refractivity contribution in [3.63, 3.8) is 0 Å². The first-order valence-electron chi connectivity index (χ1n) is 10.1. The maximum Gasteiger partial charge on any atom is 0.295 e. The van der Waals surface area contributed by atoms with Crippen molar-refractivity contribution in [1.29, 1.82) is 0 Å². The fourth-order valence-electron chi connectivity index (χ4n) is 3.84. The predicted octanol–water partition coefficient (Wildman–Crippen LogP) is 4.12. The van der Waals surface area contributed by atoms with E-state index in [0.29, 0.717) is 5.56 Å². The van der Waals surface area contributed by atoms with Crippen LogP contribution < -0.4 is 0 Å². The summed E-state index contributed by atoms with van der Waals surface area (Å²) in [6, 6.07) is 18.2. The second-order valence-corrected chi connectivity index (χ2v) is 7.57. The molecule has 10 heteroatoms. The minimum Gasteiger partial charge on any atom is -0.507 e. The molecule has 1 aliphatic rings. The number of likely N-dealkylation sites (tertiary alicyclic amines) is 1. The third-order valence-corrected chi connectivity index (χ3v) is 5.51. The molecule has 0 saturated carbocycles. The van der Waals surface area contributed by atoms with Gasteiger partial charge in [0.2, 0.25) is 0 Å². The Morgan fingerprint density at radius 3 is 1.88 bits per heavy atom. The van der Waals surface area contributed by atoms with Gasteiger partial charge in [-0.1, -0.05) is 30.3 Å². The summed E-state index contributed by atoms with van der Waals surface area (Å²) in [6.45, 7) is 0.0596. The lowest BCUT2D eigenvalue weighted by Crippen LogP contribution is -2.29. The number of nitrogens with zero attached hydrogens (tertiary/aromatic N) is 3. The number of nitro benzene ring substituents is 2. The largest absolute Gasteiger partial charge is 0.507 e. The standard InChI is InChI=1S/C24H17N3O7/c28-22(17-8-12-19(13-9-17)27(33)34)20-21(16-6-10-18(11-7-16)26(31)32)25(24(30)23(20)29)14-15-4-2-1-3-5-15/h1-13,21,28H,14H2/b22-20+. The van der Waals surface area contributed by atoms with Gasteiger partial charge in [-0.3, -0.25) is 29.8 Å². The Morgan fingerprint density at radius 2 is 1.35 bits per heavy atom. The van der Waals surface area contributed by atoms with Crippen molar-refractivity contribution in [3.05, 3.63) is 121 Å². The average Bonchev–Trinajstić information content (AvgIpc) is 3.09. The summed E-state index contributed by atoms with van der Waals surface area (Å²) in [5, 5.41) is 33.0. The molecular weight excluding hydrogens is 442 g/mol. The molecule has 1 saturated heterocycles. The number of aliphatic hydroxyl groups is 1. The number of carbonyl (C=O) groups is 2. The molecular formula is C24H17N3O7. The van der Waals surface area contributed by atoms with Crippen molar-refractivity contribution in [2.75, 3.05) is 0 Å². The van der Waals surface area contributed by atoms with Gasteiger partial charge in [0.25, 0.3) is 23.1 Å². The molecule has 1 amide bonds.